The van der Waals surface area contributed by atoms with E-state index in [9.17, 15) is 0 Å². The molecule has 0 aliphatic rings. The maximum absolute atomic E-state index is 5.88. The zero-order chi connectivity index (χ0) is 15.7. The Labute approximate surface area is 131 Å². The van der Waals surface area contributed by atoms with Crippen molar-refractivity contribution in [3.63, 3.8) is 0 Å². The first-order valence-corrected chi connectivity index (χ1v) is 7.62. The maximum atomic E-state index is 5.88. The summed E-state index contributed by atoms with van der Waals surface area (Å²) in [5.41, 5.74) is 5.42. The van der Waals surface area contributed by atoms with Gasteiger partial charge in [0, 0.05) is 12.1 Å². The largest absolute Gasteiger partial charge is 0.436 e. The van der Waals surface area contributed by atoms with E-state index in [1.165, 1.54) is 11.1 Å². The number of oxazole rings is 1. The lowest BCUT2D eigenvalue weighted by atomic mass is 9.87. The lowest BCUT2D eigenvalue weighted by molar-refractivity contribution is 0.589. The van der Waals surface area contributed by atoms with Crippen LogP contribution < -0.4 is 5.32 Å². The molecule has 3 rings (SSSR count). The molecular formula is C19H22N2O. The molecule has 0 fully saturated rings. The maximum Gasteiger partial charge on any atom is 0.227 e. The van der Waals surface area contributed by atoms with Crippen molar-refractivity contribution in [2.45, 2.75) is 32.7 Å². The van der Waals surface area contributed by atoms with Gasteiger partial charge in [-0.25, -0.2) is 4.98 Å². The molecule has 1 N–H and O–H groups in total. The lowest BCUT2D eigenvalue weighted by Gasteiger charge is -2.18. The first-order chi connectivity index (χ1) is 10.5. The van der Waals surface area contributed by atoms with E-state index in [0.717, 1.165) is 23.2 Å². The van der Waals surface area contributed by atoms with Gasteiger partial charge in [-0.2, -0.15) is 0 Å². The minimum absolute atomic E-state index is 0.155. The highest BCUT2D eigenvalue weighted by Gasteiger charge is 2.14. The van der Waals surface area contributed by atoms with E-state index in [1.54, 1.807) is 0 Å². The molecule has 0 saturated carbocycles. The van der Waals surface area contributed by atoms with Crippen LogP contribution in [0.4, 0.5) is 0 Å². The SMILES string of the molecule is CNCc1ccc2oc(-c3ccc(C(C)(C)C)cc3)nc2c1. The third kappa shape index (κ3) is 2.90. The van der Waals surface area contributed by atoms with E-state index in [2.05, 4.69) is 67.5 Å². The van der Waals surface area contributed by atoms with Crippen LogP contribution in [-0.4, -0.2) is 12.0 Å². The molecule has 3 aromatic rings. The van der Waals surface area contributed by atoms with Gasteiger partial charge in [-0.15, -0.1) is 0 Å². The fourth-order valence-electron chi connectivity index (χ4n) is 2.52. The van der Waals surface area contributed by atoms with E-state index >= 15 is 0 Å². The Morgan fingerprint density at radius 1 is 1.05 bits per heavy atom. The second-order valence-corrected chi connectivity index (χ2v) is 6.68. The molecule has 0 bridgehead atoms. The molecule has 0 radical (unpaired) electrons. The summed E-state index contributed by atoms with van der Waals surface area (Å²) in [6.07, 6.45) is 0. The normalized spacial score (nSPS) is 12.0. The zero-order valence-electron chi connectivity index (χ0n) is 13.6. The standard InChI is InChI=1S/C19H22N2O/c1-19(2,3)15-8-6-14(7-9-15)18-21-16-11-13(12-20-4)5-10-17(16)22-18/h5-11,20H,12H2,1-4H3. The van der Waals surface area contributed by atoms with Gasteiger partial charge < -0.3 is 9.73 Å². The molecule has 0 unspecified atom stereocenters. The summed E-state index contributed by atoms with van der Waals surface area (Å²) in [6.45, 7) is 7.47. The number of aromatic nitrogens is 1. The quantitative estimate of drug-likeness (QED) is 0.772. The predicted molar refractivity (Wildman–Crippen MR) is 90.9 cm³/mol. The molecule has 0 atom stereocenters. The van der Waals surface area contributed by atoms with Crippen molar-refractivity contribution in [3.05, 3.63) is 53.6 Å². The monoisotopic (exact) mass is 294 g/mol. The molecular weight excluding hydrogens is 272 g/mol. The van der Waals surface area contributed by atoms with Crippen LogP contribution in [0.1, 0.15) is 31.9 Å². The first kappa shape index (κ1) is 14.8. The molecule has 114 valence electrons. The number of benzene rings is 2. The molecule has 2 aromatic carbocycles. The van der Waals surface area contributed by atoms with Crippen molar-refractivity contribution in [2.75, 3.05) is 7.05 Å². The second-order valence-electron chi connectivity index (χ2n) is 6.68. The van der Waals surface area contributed by atoms with Crippen molar-refractivity contribution in [2.24, 2.45) is 0 Å². The Morgan fingerprint density at radius 2 is 1.77 bits per heavy atom. The summed E-state index contributed by atoms with van der Waals surface area (Å²) in [4.78, 5) is 4.62. The summed E-state index contributed by atoms with van der Waals surface area (Å²) in [5, 5.41) is 3.15. The van der Waals surface area contributed by atoms with Gasteiger partial charge in [0.25, 0.3) is 0 Å². The van der Waals surface area contributed by atoms with Crippen molar-refractivity contribution < 1.29 is 4.42 Å². The van der Waals surface area contributed by atoms with Gasteiger partial charge in [0.05, 0.1) is 0 Å². The van der Waals surface area contributed by atoms with Crippen molar-refractivity contribution in [1.29, 1.82) is 0 Å². The van der Waals surface area contributed by atoms with Crippen LogP contribution in [0.5, 0.6) is 0 Å². The summed E-state index contributed by atoms with van der Waals surface area (Å²) in [7, 11) is 1.94. The number of fused-ring (bicyclic) bond motifs is 1. The summed E-state index contributed by atoms with van der Waals surface area (Å²) < 4.78 is 5.88. The number of nitrogens with zero attached hydrogens (tertiary/aromatic N) is 1. The minimum Gasteiger partial charge on any atom is -0.436 e. The topological polar surface area (TPSA) is 38.1 Å². The number of hydrogen-bond acceptors (Lipinski definition) is 3. The van der Waals surface area contributed by atoms with Gasteiger partial charge in [-0.1, -0.05) is 39.0 Å². The summed E-state index contributed by atoms with van der Waals surface area (Å²) >= 11 is 0. The van der Waals surface area contributed by atoms with Gasteiger partial charge in [0.2, 0.25) is 5.89 Å². The molecule has 3 heteroatoms. The Kier molecular flexibility index (Phi) is 3.75. The Balaban J connectivity index is 1.96. The van der Waals surface area contributed by atoms with Crippen LogP contribution in [0.25, 0.3) is 22.6 Å². The number of nitrogens with one attached hydrogen (secondary N) is 1. The van der Waals surface area contributed by atoms with Crippen LogP contribution in [-0.2, 0) is 12.0 Å². The molecule has 22 heavy (non-hydrogen) atoms. The molecule has 0 saturated heterocycles. The predicted octanol–water partition coefficient (Wildman–Crippen LogP) is 4.51. The van der Waals surface area contributed by atoms with Crippen molar-refractivity contribution in [1.82, 2.24) is 10.3 Å². The molecule has 3 nitrogen and oxygen atoms in total. The van der Waals surface area contributed by atoms with E-state index in [4.69, 9.17) is 4.42 Å². The molecule has 0 spiro atoms. The fourth-order valence-corrected chi connectivity index (χ4v) is 2.52. The van der Waals surface area contributed by atoms with Gasteiger partial charge in [-0.05, 0) is 47.9 Å². The van der Waals surface area contributed by atoms with Crippen molar-refractivity contribution in [3.8, 4) is 11.5 Å². The average Bonchev–Trinajstić information content (AvgIpc) is 2.90. The molecule has 1 aromatic heterocycles. The summed E-state index contributed by atoms with van der Waals surface area (Å²) in [5.74, 6) is 0.678. The van der Waals surface area contributed by atoms with Crippen LogP contribution >= 0.6 is 0 Å². The van der Waals surface area contributed by atoms with E-state index in [1.807, 2.05) is 13.1 Å². The number of rotatable bonds is 3. The highest BCUT2D eigenvalue weighted by atomic mass is 16.3. The first-order valence-electron chi connectivity index (χ1n) is 7.62. The molecule has 0 aliphatic heterocycles. The lowest BCUT2D eigenvalue weighted by Crippen LogP contribution is -2.10. The van der Waals surface area contributed by atoms with Crippen LogP contribution in [0, 0.1) is 0 Å². The van der Waals surface area contributed by atoms with E-state index < -0.39 is 0 Å². The highest BCUT2D eigenvalue weighted by molar-refractivity contribution is 5.77. The average molecular weight is 294 g/mol. The Hall–Kier alpha value is -2.13. The van der Waals surface area contributed by atoms with Crippen LogP contribution in [0.15, 0.2) is 46.9 Å². The van der Waals surface area contributed by atoms with Crippen LogP contribution in [0.3, 0.4) is 0 Å². The van der Waals surface area contributed by atoms with Gasteiger partial charge in [-0.3, -0.25) is 0 Å². The van der Waals surface area contributed by atoms with Gasteiger partial charge >= 0.3 is 0 Å². The number of hydrogen-bond donors (Lipinski definition) is 1. The van der Waals surface area contributed by atoms with E-state index in [0.29, 0.717) is 5.89 Å². The third-order valence-corrected chi connectivity index (χ3v) is 3.83. The minimum atomic E-state index is 0.155. The van der Waals surface area contributed by atoms with Gasteiger partial charge in [0.15, 0.2) is 5.58 Å². The smallest absolute Gasteiger partial charge is 0.227 e. The zero-order valence-corrected chi connectivity index (χ0v) is 13.6. The third-order valence-electron chi connectivity index (χ3n) is 3.83. The van der Waals surface area contributed by atoms with Crippen LogP contribution in [0.2, 0.25) is 0 Å². The second kappa shape index (κ2) is 5.58. The Morgan fingerprint density at radius 3 is 2.41 bits per heavy atom. The molecule has 0 amide bonds. The summed E-state index contributed by atoms with van der Waals surface area (Å²) in [6, 6.07) is 14.6. The Bertz CT molecular complexity index is 779. The van der Waals surface area contributed by atoms with Gasteiger partial charge in [0.1, 0.15) is 5.52 Å². The molecule has 0 aliphatic carbocycles. The highest BCUT2D eigenvalue weighted by Crippen LogP contribution is 2.28. The molecule has 1 heterocycles. The fraction of sp³-hybridized carbons (Fsp3) is 0.316. The van der Waals surface area contributed by atoms with Crippen molar-refractivity contribution >= 4 is 11.1 Å². The van der Waals surface area contributed by atoms with E-state index in [-0.39, 0.29) is 5.41 Å².